The maximum Gasteiger partial charge on any atom is 0.244 e. The molecule has 2 rings (SSSR count). The van der Waals surface area contributed by atoms with Crippen molar-refractivity contribution in [2.45, 2.75) is 52.6 Å². The van der Waals surface area contributed by atoms with Crippen LogP contribution in [0.1, 0.15) is 56.3 Å². The van der Waals surface area contributed by atoms with E-state index in [1.165, 1.54) is 20.3 Å². The summed E-state index contributed by atoms with van der Waals surface area (Å²) < 4.78 is 42.5. The first-order valence-corrected chi connectivity index (χ1v) is 12.9. The summed E-state index contributed by atoms with van der Waals surface area (Å²) in [6, 6.07) is 7.38. The Kier molecular flexibility index (Phi) is 8.83. The number of carbonyl (C=O) groups excluding carboxylic acids is 1. The van der Waals surface area contributed by atoms with Crippen molar-refractivity contribution in [3.63, 3.8) is 0 Å². The number of rotatable bonds is 10. The number of sulfonamides is 1. The molecule has 0 aliphatic carbocycles. The van der Waals surface area contributed by atoms with Gasteiger partial charge in [-0.05, 0) is 67.6 Å². The van der Waals surface area contributed by atoms with Crippen LogP contribution in [0, 0.1) is 6.92 Å². The third kappa shape index (κ3) is 5.94. The fourth-order valence-corrected chi connectivity index (χ4v) is 5.16. The van der Waals surface area contributed by atoms with E-state index in [2.05, 4.69) is 19.2 Å². The van der Waals surface area contributed by atoms with Gasteiger partial charge in [-0.3, -0.25) is 9.10 Å². The van der Waals surface area contributed by atoms with E-state index < -0.39 is 22.0 Å². The Morgan fingerprint density at radius 3 is 1.97 bits per heavy atom. The second-order valence-corrected chi connectivity index (χ2v) is 10.5. The quantitative estimate of drug-likeness (QED) is 0.535. The molecule has 0 saturated heterocycles. The highest BCUT2D eigenvalue weighted by atomic mass is 32.2. The zero-order valence-electron chi connectivity index (χ0n) is 21.4. The summed E-state index contributed by atoms with van der Waals surface area (Å²) in [4.78, 5) is 13.2. The van der Waals surface area contributed by atoms with Crippen molar-refractivity contribution in [1.82, 2.24) is 5.32 Å². The minimum atomic E-state index is -3.78. The van der Waals surface area contributed by atoms with Crippen LogP contribution in [0.2, 0.25) is 0 Å². The highest BCUT2D eigenvalue weighted by molar-refractivity contribution is 7.92. The zero-order valence-corrected chi connectivity index (χ0v) is 22.2. The fraction of sp³-hybridized carbons (Fsp3) is 0.480. The van der Waals surface area contributed by atoms with Gasteiger partial charge in [0, 0.05) is 6.07 Å². The molecule has 0 unspecified atom stereocenters. The maximum atomic E-state index is 13.2. The van der Waals surface area contributed by atoms with Crippen molar-refractivity contribution in [3.8, 4) is 17.2 Å². The molecular formula is C25H36N2O6S. The molecule has 8 nitrogen and oxygen atoms in total. The summed E-state index contributed by atoms with van der Waals surface area (Å²) in [7, 11) is 0.818. The van der Waals surface area contributed by atoms with Crippen molar-refractivity contribution in [2.75, 3.05) is 31.9 Å². The second-order valence-electron chi connectivity index (χ2n) is 8.61. The summed E-state index contributed by atoms with van der Waals surface area (Å²) in [5.41, 5.74) is 3.27. The number of nitrogens with one attached hydrogen (secondary N) is 1. The van der Waals surface area contributed by atoms with E-state index >= 15 is 0 Å². The smallest absolute Gasteiger partial charge is 0.244 e. The molecule has 2 atom stereocenters. The van der Waals surface area contributed by atoms with Gasteiger partial charge >= 0.3 is 0 Å². The van der Waals surface area contributed by atoms with E-state index in [1.807, 2.05) is 26.0 Å². The summed E-state index contributed by atoms with van der Waals surface area (Å²) in [5.74, 6) is 1.45. The second kappa shape index (κ2) is 11.0. The molecule has 0 fully saturated rings. The molecule has 1 N–H and O–H groups in total. The minimum absolute atomic E-state index is 0.238. The summed E-state index contributed by atoms with van der Waals surface area (Å²) >= 11 is 0. The Morgan fingerprint density at radius 2 is 1.47 bits per heavy atom. The van der Waals surface area contributed by atoms with Gasteiger partial charge in [-0.25, -0.2) is 8.42 Å². The van der Waals surface area contributed by atoms with Crippen LogP contribution >= 0.6 is 0 Å². The number of amides is 1. The highest BCUT2D eigenvalue weighted by Gasteiger charge is 2.31. The van der Waals surface area contributed by atoms with E-state index in [4.69, 9.17) is 14.2 Å². The van der Waals surface area contributed by atoms with Crippen molar-refractivity contribution in [2.24, 2.45) is 0 Å². The van der Waals surface area contributed by atoms with Crippen LogP contribution in [0.15, 0.2) is 30.3 Å². The lowest BCUT2D eigenvalue weighted by molar-refractivity contribution is -0.122. The third-order valence-corrected chi connectivity index (χ3v) is 7.02. The molecular weight excluding hydrogens is 456 g/mol. The molecule has 34 heavy (non-hydrogen) atoms. The maximum absolute atomic E-state index is 13.2. The summed E-state index contributed by atoms with van der Waals surface area (Å²) in [5, 5.41) is 2.97. The standard InChI is InChI=1S/C25H36N2O6S/c1-15(2)20-14-21(16(3)12-23(20)32-7)17(4)26-25(28)18(5)27(34(9,29)30)19-10-11-22(31-6)24(13-19)33-8/h10-15,17-18H,1-9H3,(H,26,28)/t17-,18+/m1/s1. The van der Waals surface area contributed by atoms with Gasteiger partial charge < -0.3 is 19.5 Å². The predicted octanol–water partition coefficient (Wildman–Crippen LogP) is 4.18. The van der Waals surface area contributed by atoms with Crippen molar-refractivity contribution in [3.05, 3.63) is 47.0 Å². The average Bonchev–Trinajstić information content (AvgIpc) is 2.77. The molecule has 188 valence electrons. The molecule has 0 aliphatic rings. The van der Waals surface area contributed by atoms with E-state index in [0.717, 1.165) is 33.0 Å². The van der Waals surface area contributed by atoms with Crippen molar-refractivity contribution in [1.29, 1.82) is 0 Å². The van der Waals surface area contributed by atoms with Crippen LogP contribution in [-0.4, -0.2) is 48.0 Å². The number of anilines is 1. The predicted molar refractivity (Wildman–Crippen MR) is 135 cm³/mol. The Labute approximate surface area is 203 Å². The monoisotopic (exact) mass is 492 g/mol. The molecule has 0 spiro atoms. The lowest BCUT2D eigenvalue weighted by Gasteiger charge is -2.30. The first-order valence-electron chi connectivity index (χ1n) is 11.1. The molecule has 1 amide bonds. The van der Waals surface area contributed by atoms with E-state index in [1.54, 1.807) is 26.2 Å². The number of benzene rings is 2. The number of ether oxygens (including phenoxy) is 3. The Balaban J connectivity index is 2.38. The van der Waals surface area contributed by atoms with Crippen LogP contribution in [0.25, 0.3) is 0 Å². The van der Waals surface area contributed by atoms with Gasteiger partial charge in [0.15, 0.2) is 11.5 Å². The van der Waals surface area contributed by atoms with Crippen LogP contribution < -0.4 is 23.8 Å². The lowest BCUT2D eigenvalue weighted by atomic mass is 9.93. The fourth-order valence-electron chi connectivity index (χ4n) is 3.99. The Hall–Kier alpha value is -2.94. The van der Waals surface area contributed by atoms with Gasteiger partial charge in [-0.2, -0.15) is 0 Å². The topological polar surface area (TPSA) is 94.2 Å². The molecule has 0 saturated carbocycles. The van der Waals surface area contributed by atoms with Crippen LogP contribution in [0.5, 0.6) is 17.2 Å². The first-order chi connectivity index (χ1) is 15.8. The average molecular weight is 493 g/mol. The van der Waals surface area contributed by atoms with Crippen LogP contribution in [0.3, 0.4) is 0 Å². The van der Waals surface area contributed by atoms with E-state index in [9.17, 15) is 13.2 Å². The molecule has 0 aromatic heterocycles. The zero-order chi connectivity index (χ0) is 25.8. The molecule has 0 heterocycles. The Morgan fingerprint density at radius 1 is 0.882 bits per heavy atom. The molecule has 0 aliphatic heterocycles. The first kappa shape index (κ1) is 27.3. The molecule has 9 heteroatoms. The number of aryl methyl sites for hydroxylation is 1. The lowest BCUT2D eigenvalue weighted by Crippen LogP contribution is -2.48. The largest absolute Gasteiger partial charge is 0.496 e. The number of carbonyl (C=O) groups is 1. The van der Waals surface area contributed by atoms with Gasteiger partial charge in [-0.15, -0.1) is 0 Å². The third-order valence-electron chi connectivity index (χ3n) is 5.78. The van der Waals surface area contributed by atoms with Gasteiger partial charge in [0.2, 0.25) is 15.9 Å². The van der Waals surface area contributed by atoms with Gasteiger partial charge in [0.25, 0.3) is 0 Å². The normalized spacial score (nSPS) is 13.2. The van der Waals surface area contributed by atoms with Crippen LogP contribution in [0.4, 0.5) is 5.69 Å². The van der Waals surface area contributed by atoms with Gasteiger partial charge in [0.1, 0.15) is 11.8 Å². The summed E-state index contributed by atoms with van der Waals surface area (Å²) in [6.45, 7) is 9.55. The number of nitrogens with zero attached hydrogens (tertiary/aromatic N) is 1. The summed E-state index contributed by atoms with van der Waals surface area (Å²) in [6.07, 6.45) is 1.07. The number of hydrogen-bond acceptors (Lipinski definition) is 6. The SMILES string of the molecule is COc1ccc(N([C@@H](C)C(=O)N[C@H](C)c2cc(C(C)C)c(OC)cc2C)S(C)(=O)=O)cc1OC. The highest BCUT2D eigenvalue weighted by Crippen LogP contribution is 2.34. The van der Waals surface area contributed by atoms with E-state index in [0.29, 0.717) is 17.2 Å². The molecule has 0 radical (unpaired) electrons. The van der Waals surface area contributed by atoms with Crippen molar-refractivity contribution < 1.29 is 27.4 Å². The van der Waals surface area contributed by atoms with Crippen LogP contribution in [-0.2, 0) is 14.8 Å². The number of hydrogen-bond donors (Lipinski definition) is 1. The molecule has 0 bridgehead atoms. The van der Waals surface area contributed by atoms with Gasteiger partial charge in [0.05, 0.1) is 39.3 Å². The molecule has 2 aromatic carbocycles. The Bertz CT molecular complexity index is 1130. The van der Waals surface area contributed by atoms with Crippen molar-refractivity contribution >= 4 is 21.6 Å². The minimum Gasteiger partial charge on any atom is -0.496 e. The number of methoxy groups -OCH3 is 3. The van der Waals surface area contributed by atoms with Gasteiger partial charge in [-0.1, -0.05) is 13.8 Å². The van der Waals surface area contributed by atoms with E-state index in [-0.39, 0.29) is 12.0 Å². The molecule has 2 aromatic rings.